The van der Waals surface area contributed by atoms with E-state index in [-0.39, 0.29) is 11.7 Å². The summed E-state index contributed by atoms with van der Waals surface area (Å²) in [6.07, 6.45) is 0. The zero-order valence-corrected chi connectivity index (χ0v) is 17.3. The quantitative estimate of drug-likeness (QED) is 0.699. The summed E-state index contributed by atoms with van der Waals surface area (Å²) >= 11 is 5.23. The lowest BCUT2D eigenvalue weighted by atomic mass is 10.1. The van der Waals surface area contributed by atoms with Crippen molar-refractivity contribution in [2.45, 2.75) is 26.0 Å². The molecule has 0 aliphatic carbocycles. The average Bonchev–Trinajstić information content (AvgIpc) is 3.02. The lowest BCUT2D eigenvalue weighted by Crippen LogP contribution is -2.55. The van der Waals surface area contributed by atoms with Gasteiger partial charge in [0.25, 0.3) is 5.91 Å². The number of piperazine rings is 1. The van der Waals surface area contributed by atoms with E-state index in [0.29, 0.717) is 18.8 Å². The van der Waals surface area contributed by atoms with Gasteiger partial charge in [-0.1, -0.05) is 0 Å². The maximum absolute atomic E-state index is 13.0. The highest BCUT2D eigenvalue weighted by molar-refractivity contribution is 9.11. The van der Waals surface area contributed by atoms with Crippen molar-refractivity contribution >= 4 is 33.2 Å². The maximum Gasteiger partial charge on any atom is 0.266 e. The van der Waals surface area contributed by atoms with Crippen LogP contribution in [-0.2, 0) is 11.3 Å². The van der Waals surface area contributed by atoms with E-state index >= 15 is 0 Å². The smallest absolute Gasteiger partial charge is 0.266 e. The fraction of sp³-hybridized carbons (Fsp3) is 0.421. The van der Waals surface area contributed by atoms with Gasteiger partial charge in [0.05, 0.1) is 3.79 Å². The van der Waals surface area contributed by atoms with Gasteiger partial charge in [0.2, 0.25) is 0 Å². The third-order valence-electron chi connectivity index (χ3n) is 4.37. The molecule has 2 heterocycles. The minimum Gasteiger partial charge on any atom is -0.478 e. The van der Waals surface area contributed by atoms with Gasteiger partial charge in [0.1, 0.15) is 11.6 Å². The molecule has 0 radical (unpaired) electrons. The second-order valence-corrected chi connectivity index (χ2v) is 9.39. The van der Waals surface area contributed by atoms with Gasteiger partial charge in [-0.15, -0.1) is 11.3 Å². The second kappa shape index (κ2) is 8.06. The highest BCUT2D eigenvalue weighted by atomic mass is 79.9. The van der Waals surface area contributed by atoms with E-state index < -0.39 is 5.60 Å². The first-order valence-electron chi connectivity index (χ1n) is 8.54. The summed E-state index contributed by atoms with van der Waals surface area (Å²) in [6.45, 7) is 7.47. The monoisotopic (exact) mass is 440 g/mol. The Kier molecular flexibility index (Phi) is 5.99. The molecule has 0 atom stereocenters. The number of carbonyl (C=O) groups is 1. The number of rotatable bonds is 5. The van der Waals surface area contributed by atoms with Crippen LogP contribution in [0.25, 0.3) is 0 Å². The fourth-order valence-corrected chi connectivity index (χ4v) is 4.51. The van der Waals surface area contributed by atoms with Gasteiger partial charge in [-0.3, -0.25) is 9.69 Å². The van der Waals surface area contributed by atoms with Crippen molar-refractivity contribution in [2.24, 2.45) is 0 Å². The molecule has 26 heavy (non-hydrogen) atoms. The van der Waals surface area contributed by atoms with Crippen molar-refractivity contribution in [3.8, 4) is 5.75 Å². The number of thiophene rings is 1. The van der Waals surface area contributed by atoms with Crippen molar-refractivity contribution in [1.82, 2.24) is 9.80 Å². The summed E-state index contributed by atoms with van der Waals surface area (Å²) in [5.74, 6) is 0.127. The lowest BCUT2D eigenvalue weighted by molar-refractivity contribution is -0.147. The Hall–Kier alpha value is -1.44. The normalized spacial score (nSPS) is 15.9. The number of halogens is 2. The molecule has 4 nitrogen and oxygen atoms in total. The minimum absolute atomic E-state index is 0.0413. The Labute approximate surface area is 165 Å². The molecule has 1 aliphatic heterocycles. The highest BCUT2D eigenvalue weighted by Crippen LogP contribution is 2.25. The largest absolute Gasteiger partial charge is 0.478 e. The summed E-state index contributed by atoms with van der Waals surface area (Å²) in [6, 6.07) is 9.94. The Balaban J connectivity index is 1.54. The molecule has 140 valence electrons. The zero-order chi connectivity index (χ0) is 18.7. The molecule has 1 aromatic heterocycles. The zero-order valence-electron chi connectivity index (χ0n) is 14.9. The average molecular weight is 441 g/mol. The molecule has 1 amide bonds. The molecule has 0 saturated carbocycles. The molecule has 0 bridgehead atoms. The summed E-state index contributed by atoms with van der Waals surface area (Å²) in [5, 5.41) is 0. The summed E-state index contributed by atoms with van der Waals surface area (Å²) in [5.41, 5.74) is -0.987. The Bertz CT molecular complexity index is 755. The van der Waals surface area contributed by atoms with E-state index in [1.807, 2.05) is 4.90 Å². The first-order chi connectivity index (χ1) is 12.3. The number of ether oxygens (including phenoxy) is 1. The highest BCUT2D eigenvalue weighted by Gasteiger charge is 2.35. The fourth-order valence-electron chi connectivity index (χ4n) is 2.99. The molecule has 1 aliphatic rings. The number of amides is 1. The van der Waals surface area contributed by atoms with Crippen LogP contribution >= 0.6 is 27.3 Å². The molecule has 2 aromatic rings. The van der Waals surface area contributed by atoms with Gasteiger partial charge >= 0.3 is 0 Å². The minimum atomic E-state index is -0.987. The van der Waals surface area contributed by atoms with E-state index in [1.165, 1.54) is 17.0 Å². The van der Waals surface area contributed by atoms with Gasteiger partial charge < -0.3 is 9.64 Å². The van der Waals surface area contributed by atoms with Gasteiger partial charge in [-0.05, 0) is 66.2 Å². The number of carbonyl (C=O) groups excluding carboxylic acids is 1. The van der Waals surface area contributed by atoms with E-state index in [4.69, 9.17) is 4.74 Å². The maximum atomic E-state index is 13.0. The van der Waals surface area contributed by atoms with Crippen molar-refractivity contribution in [2.75, 3.05) is 26.2 Å². The van der Waals surface area contributed by atoms with Crippen LogP contribution in [0, 0.1) is 5.82 Å². The van der Waals surface area contributed by atoms with Crippen molar-refractivity contribution in [1.29, 1.82) is 0 Å². The Morgan fingerprint density at radius 3 is 2.38 bits per heavy atom. The van der Waals surface area contributed by atoms with Crippen LogP contribution in [0.3, 0.4) is 0 Å². The molecule has 1 aromatic carbocycles. The van der Waals surface area contributed by atoms with Crippen LogP contribution < -0.4 is 4.74 Å². The Morgan fingerprint density at radius 1 is 1.15 bits per heavy atom. The molecule has 1 fully saturated rings. The first kappa shape index (κ1) is 19.3. The summed E-state index contributed by atoms with van der Waals surface area (Å²) in [7, 11) is 0. The second-order valence-electron chi connectivity index (χ2n) is 6.84. The van der Waals surface area contributed by atoms with Crippen LogP contribution in [0.1, 0.15) is 18.7 Å². The van der Waals surface area contributed by atoms with Gasteiger partial charge in [-0.2, -0.15) is 0 Å². The molecule has 0 spiro atoms. The lowest BCUT2D eigenvalue weighted by Gasteiger charge is -2.38. The summed E-state index contributed by atoms with van der Waals surface area (Å²) in [4.78, 5) is 18.4. The summed E-state index contributed by atoms with van der Waals surface area (Å²) < 4.78 is 20.0. The predicted molar refractivity (Wildman–Crippen MR) is 105 cm³/mol. The molecule has 1 saturated heterocycles. The third-order valence-corrected chi connectivity index (χ3v) is 5.98. The first-order valence-corrected chi connectivity index (χ1v) is 10.1. The number of hydrogen-bond acceptors (Lipinski definition) is 4. The van der Waals surface area contributed by atoms with Crippen LogP contribution in [0.15, 0.2) is 40.2 Å². The molecular weight excluding hydrogens is 419 g/mol. The van der Waals surface area contributed by atoms with E-state index in [2.05, 4.69) is 33.0 Å². The van der Waals surface area contributed by atoms with Gasteiger partial charge in [0, 0.05) is 37.6 Å². The molecule has 0 unspecified atom stereocenters. The third kappa shape index (κ3) is 4.84. The Morgan fingerprint density at radius 2 is 1.81 bits per heavy atom. The number of hydrogen-bond donors (Lipinski definition) is 0. The van der Waals surface area contributed by atoms with E-state index in [1.54, 1.807) is 37.3 Å². The number of nitrogens with zero attached hydrogens (tertiary/aromatic N) is 2. The van der Waals surface area contributed by atoms with Gasteiger partial charge in [0.15, 0.2) is 5.60 Å². The van der Waals surface area contributed by atoms with Crippen LogP contribution in [-0.4, -0.2) is 47.5 Å². The van der Waals surface area contributed by atoms with Crippen LogP contribution in [0.5, 0.6) is 5.75 Å². The SMILES string of the molecule is CC(C)(Oc1ccc(F)cc1)C(=O)N1CCN(Cc2ccc(Br)s2)CC1. The standard InChI is InChI=1S/C19H22BrFN2O2S/c1-19(2,25-15-5-3-14(21)4-6-15)18(24)23-11-9-22(10-12-23)13-16-7-8-17(20)26-16/h3-8H,9-13H2,1-2H3. The van der Waals surface area contributed by atoms with E-state index in [9.17, 15) is 9.18 Å². The van der Waals surface area contributed by atoms with Crippen LogP contribution in [0.4, 0.5) is 4.39 Å². The van der Waals surface area contributed by atoms with E-state index in [0.717, 1.165) is 23.4 Å². The van der Waals surface area contributed by atoms with Crippen molar-refractivity contribution in [3.05, 3.63) is 50.9 Å². The predicted octanol–water partition coefficient (Wildman–Crippen LogP) is 4.15. The molecule has 3 rings (SSSR count). The topological polar surface area (TPSA) is 32.8 Å². The van der Waals surface area contributed by atoms with Crippen molar-refractivity contribution < 1.29 is 13.9 Å². The molecule has 7 heteroatoms. The molecular formula is C19H22BrFN2O2S. The van der Waals surface area contributed by atoms with Gasteiger partial charge in [-0.25, -0.2) is 4.39 Å². The van der Waals surface area contributed by atoms with Crippen molar-refractivity contribution in [3.63, 3.8) is 0 Å². The van der Waals surface area contributed by atoms with Crippen LogP contribution in [0.2, 0.25) is 0 Å². The molecule has 0 N–H and O–H groups in total. The number of benzene rings is 1.